The first-order valence-corrected chi connectivity index (χ1v) is 12.5. The van der Waals surface area contributed by atoms with E-state index in [1.54, 1.807) is 53.2 Å². The minimum atomic E-state index is -2.00. The van der Waals surface area contributed by atoms with Crippen LogP contribution in [0.4, 0.5) is 19.3 Å². The molecule has 0 unspecified atom stereocenters. The zero-order valence-electron chi connectivity index (χ0n) is 22.2. The number of halogens is 3. The van der Waals surface area contributed by atoms with Gasteiger partial charge in [0, 0.05) is 37.3 Å². The minimum absolute atomic E-state index is 0. The SMILES string of the molecule is CC(=O)OCN1[C+]=NN(C[C@@](O)(c2ccc(F)cc2F)[C@@H](C)N2CCN(c3ccc(-n4ccnn4)cc3)C2=O)C1.[Br-]. The molecule has 1 aromatic heterocycles. The summed E-state index contributed by atoms with van der Waals surface area (Å²) in [6.07, 6.45) is 5.93. The molecule has 2 amide bonds. The fourth-order valence-electron chi connectivity index (χ4n) is 4.81. The fourth-order valence-corrected chi connectivity index (χ4v) is 4.81. The van der Waals surface area contributed by atoms with Crippen LogP contribution in [0.1, 0.15) is 19.4 Å². The Morgan fingerprint density at radius 2 is 1.90 bits per heavy atom. The van der Waals surface area contributed by atoms with E-state index in [-0.39, 0.29) is 55.1 Å². The number of hydrogen-bond acceptors (Lipinski definition) is 9. The van der Waals surface area contributed by atoms with Crippen molar-refractivity contribution in [3.8, 4) is 5.69 Å². The number of hydrazone groups is 1. The molecule has 2 aromatic carbocycles. The molecule has 41 heavy (non-hydrogen) atoms. The number of ether oxygens (including phenoxy) is 1. The molecule has 15 heteroatoms. The average Bonchev–Trinajstić information content (AvgIpc) is 3.69. The predicted molar refractivity (Wildman–Crippen MR) is 138 cm³/mol. The second-order valence-corrected chi connectivity index (χ2v) is 9.53. The summed E-state index contributed by atoms with van der Waals surface area (Å²) in [6, 6.07) is 8.75. The molecule has 5 rings (SSSR count). The summed E-state index contributed by atoms with van der Waals surface area (Å²) in [5.41, 5.74) is -0.772. The van der Waals surface area contributed by atoms with Gasteiger partial charge >= 0.3 is 18.3 Å². The zero-order valence-corrected chi connectivity index (χ0v) is 23.8. The Labute approximate surface area is 245 Å². The van der Waals surface area contributed by atoms with Gasteiger partial charge in [0.2, 0.25) is 6.73 Å². The molecule has 0 aliphatic carbocycles. The van der Waals surface area contributed by atoms with Crippen molar-refractivity contribution in [2.24, 2.45) is 5.10 Å². The highest BCUT2D eigenvalue weighted by Gasteiger charge is 2.48. The molecule has 0 radical (unpaired) electrons. The fraction of sp³-hybridized carbons (Fsp3) is 0.346. The van der Waals surface area contributed by atoms with Crippen molar-refractivity contribution in [3.05, 3.63) is 72.1 Å². The van der Waals surface area contributed by atoms with Crippen LogP contribution in [-0.4, -0.2) is 92.3 Å². The third-order valence-electron chi connectivity index (χ3n) is 6.95. The second-order valence-electron chi connectivity index (χ2n) is 9.53. The Morgan fingerprint density at radius 1 is 1.17 bits per heavy atom. The summed E-state index contributed by atoms with van der Waals surface area (Å²) in [5.74, 6) is -2.23. The van der Waals surface area contributed by atoms with Gasteiger partial charge in [0.25, 0.3) is 0 Å². The maximum Gasteiger partial charge on any atom is 0.547 e. The number of anilines is 1. The van der Waals surface area contributed by atoms with Crippen molar-refractivity contribution >= 4 is 24.0 Å². The second kappa shape index (κ2) is 12.1. The summed E-state index contributed by atoms with van der Waals surface area (Å²) < 4.78 is 35.4. The lowest BCUT2D eigenvalue weighted by atomic mass is 9.85. The summed E-state index contributed by atoms with van der Waals surface area (Å²) >= 11 is 0. The number of benzene rings is 2. The van der Waals surface area contributed by atoms with E-state index in [1.165, 1.54) is 27.8 Å². The largest absolute Gasteiger partial charge is 1.00 e. The van der Waals surface area contributed by atoms with Gasteiger partial charge in [0.1, 0.15) is 22.3 Å². The van der Waals surface area contributed by atoms with Crippen LogP contribution in [0.15, 0.2) is 60.0 Å². The molecule has 0 saturated carbocycles. The summed E-state index contributed by atoms with van der Waals surface area (Å²) in [4.78, 5) is 29.2. The van der Waals surface area contributed by atoms with E-state index in [0.29, 0.717) is 18.3 Å². The number of rotatable bonds is 9. The van der Waals surface area contributed by atoms with E-state index < -0.39 is 29.2 Å². The van der Waals surface area contributed by atoms with E-state index in [9.17, 15) is 19.1 Å². The number of aromatic nitrogens is 3. The Kier molecular flexibility index (Phi) is 8.80. The van der Waals surface area contributed by atoms with Crippen LogP contribution >= 0.6 is 0 Å². The van der Waals surface area contributed by atoms with Gasteiger partial charge in [-0.25, -0.2) is 23.3 Å². The lowest BCUT2D eigenvalue weighted by Crippen LogP contribution is -3.00. The minimum Gasteiger partial charge on any atom is -1.00 e. The Morgan fingerprint density at radius 3 is 2.56 bits per heavy atom. The van der Waals surface area contributed by atoms with Crippen LogP contribution in [0.2, 0.25) is 0 Å². The highest BCUT2D eigenvalue weighted by atomic mass is 79.9. The lowest BCUT2D eigenvalue weighted by Gasteiger charge is -2.40. The molecule has 1 fully saturated rings. The molecule has 3 aromatic rings. The molecule has 0 bridgehead atoms. The van der Waals surface area contributed by atoms with Gasteiger partial charge in [0.05, 0.1) is 30.7 Å². The number of urea groups is 1. The first kappa shape index (κ1) is 29.8. The average molecular weight is 633 g/mol. The third-order valence-corrected chi connectivity index (χ3v) is 6.95. The molecule has 3 heterocycles. The monoisotopic (exact) mass is 632 g/mol. The summed E-state index contributed by atoms with van der Waals surface area (Å²) in [7, 11) is 0. The highest BCUT2D eigenvalue weighted by molar-refractivity contribution is 5.94. The summed E-state index contributed by atoms with van der Waals surface area (Å²) in [6.45, 7) is 3.19. The Bertz CT molecular complexity index is 1410. The van der Waals surface area contributed by atoms with E-state index in [0.717, 1.165) is 11.8 Å². The van der Waals surface area contributed by atoms with E-state index in [1.807, 2.05) is 0 Å². The number of aliphatic hydroxyl groups is 1. The Hall–Kier alpha value is -4.20. The molecule has 0 spiro atoms. The molecule has 216 valence electrons. The van der Waals surface area contributed by atoms with Gasteiger partial charge in [-0.1, -0.05) is 16.2 Å². The quantitative estimate of drug-likeness (QED) is 0.235. The van der Waals surface area contributed by atoms with Crippen molar-refractivity contribution in [1.29, 1.82) is 0 Å². The molecule has 1 N–H and O–H groups in total. The van der Waals surface area contributed by atoms with E-state index >= 15 is 4.39 Å². The number of hydrogen-bond donors (Lipinski definition) is 1. The Balaban J connectivity index is 0.00000387. The number of β-amino-alcohol motifs (C(OH)–C–C–N with tert-alkyl or cyclic N) is 1. The van der Waals surface area contributed by atoms with Crippen molar-refractivity contribution < 1.29 is 45.2 Å². The number of esters is 1. The van der Waals surface area contributed by atoms with Gasteiger partial charge < -0.3 is 31.7 Å². The van der Waals surface area contributed by atoms with Crippen molar-refractivity contribution in [2.45, 2.75) is 25.5 Å². The number of carbonyl (C=O) groups is 2. The summed E-state index contributed by atoms with van der Waals surface area (Å²) in [5, 5.41) is 25.3. The van der Waals surface area contributed by atoms with Crippen molar-refractivity contribution in [3.63, 3.8) is 0 Å². The van der Waals surface area contributed by atoms with Crippen LogP contribution in [0, 0.1) is 11.6 Å². The van der Waals surface area contributed by atoms with Gasteiger partial charge in [0.15, 0.2) is 6.67 Å². The normalized spacial score (nSPS) is 16.9. The van der Waals surface area contributed by atoms with E-state index in [4.69, 9.17) is 4.74 Å². The van der Waals surface area contributed by atoms with Gasteiger partial charge in [-0.15, -0.1) is 5.10 Å². The topological polar surface area (TPSA) is 120 Å². The first-order chi connectivity index (χ1) is 19.2. The number of nitrogens with zero attached hydrogens (tertiary/aromatic N) is 8. The lowest BCUT2D eigenvalue weighted by molar-refractivity contribution is -0.144. The smallest absolute Gasteiger partial charge is 0.547 e. The predicted octanol–water partition coefficient (Wildman–Crippen LogP) is -1.02. The number of amides is 2. The standard InChI is InChI=1S/C26H27F2N8O4.BrH/c1-18(34-11-12-35(25(34)38)21-4-6-22(7-5-21)36-10-9-29-31-36)26(39,23-8-3-20(27)13-24(23)28)14-33-16-32(15-30-33)17-40-19(2)37;/h3-10,13,18,39H,11-12,14,16-17H2,1-2H3;1H/q+1;/p-1/t18-,26+;/m1./s1. The van der Waals surface area contributed by atoms with Crippen LogP contribution < -0.4 is 21.9 Å². The van der Waals surface area contributed by atoms with Gasteiger partial charge in [-0.2, -0.15) is 0 Å². The van der Waals surface area contributed by atoms with Crippen LogP contribution in [0.25, 0.3) is 5.69 Å². The molecule has 2 aliphatic heterocycles. The highest BCUT2D eigenvalue weighted by Crippen LogP contribution is 2.35. The van der Waals surface area contributed by atoms with E-state index in [2.05, 4.69) is 21.8 Å². The van der Waals surface area contributed by atoms with Crippen LogP contribution in [0.5, 0.6) is 0 Å². The van der Waals surface area contributed by atoms with Gasteiger partial charge in [-0.3, -0.25) is 9.69 Å². The number of carbonyl (C=O) groups excluding carboxylic acids is 2. The van der Waals surface area contributed by atoms with Crippen LogP contribution in [0.3, 0.4) is 0 Å². The molecular weight excluding hydrogens is 606 g/mol. The maximum atomic E-state index is 15.1. The third kappa shape index (κ3) is 6.11. The van der Waals surface area contributed by atoms with Crippen molar-refractivity contribution in [1.82, 2.24) is 29.8 Å². The molecule has 1 saturated heterocycles. The zero-order chi connectivity index (χ0) is 28.4. The maximum absolute atomic E-state index is 15.1. The molecule has 2 aliphatic rings. The molecule has 12 nitrogen and oxygen atoms in total. The molecule has 2 atom stereocenters. The van der Waals surface area contributed by atoms with Crippen LogP contribution in [-0.2, 0) is 15.1 Å². The molecular formula is C26H27BrF2N8O4. The first-order valence-electron chi connectivity index (χ1n) is 12.5. The van der Waals surface area contributed by atoms with Gasteiger partial charge in [-0.05, 0) is 37.3 Å². The van der Waals surface area contributed by atoms with Crippen molar-refractivity contribution in [2.75, 3.05) is 37.9 Å².